The van der Waals surface area contributed by atoms with Gasteiger partial charge in [0.05, 0.1) is 28.8 Å². The fourth-order valence-corrected chi connectivity index (χ4v) is 5.10. The van der Waals surface area contributed by atoms with Crippen LogP contribution >= 0.6 is 11.3 Å². The zero-order chi connectivity index (χ0) is 26.9. The zero-order valence-corrected chi connectivity index (χ0v) is 21.8. The first-order valence-corrected chi connectivity index (χ1v) is 12.7. The van der Waals surface area contributed by atoms with Crippen LogP contribution in [0, 0.1) is 18.7 Å². The molecule has 4 rings (SSSR count). The van der Waals surface area contributed by atoms with E-state index in [-0.39, 0.29) is 22.1 Å². The SMILES string of the molecule is CC(=O)c1sc(N2C(=O)C(=O)/C(=C(/O)c3ccc(F)cc3)C2c2cccc(OCCC(C)C)c2)nc1C. The third-order valence-corrected chi connectivity index (χ3v) is 7.27. The number of aliphatic hydroxyl groups excluding tert-OH is 1. The highest BCUT2D eigenvalue weighted by atomic mass is 32.1. The second kappa shape index (κ2) is 10.6. The van der Waals surface area contributed by atoms with Crippen LogP contribution in [-0.4, -0.2) is 34.2 Å². The van der Waals surface area contributed by atoms with Gasteiger partial charge in [-0.25, -0.2) is 9.37 Å². The molecular formula is C28H27FN2O5S. The topological polar surface area (TPSA) is 96.8 Å². The molecule has 37 heavy (non-hydrogen) atoms. The van der Waals surface area contributed by atoms with Gasteiger partial charge in [-0.1, -0.05) is 37.3 Å². The fraction of sp³-hybridized carbons (Fsp3) is 0.286. The van der Waals surface area contributed by atoms with Crippen LogP contribution in [0.15, 0.2) is 54.1 Å². The maximum atomic E-state index is 13.5. The van der Waals surface area contributed by atoms with Crippen LogP contribution in [-0.2, 0) is 9.59 Å². The molecule has 1 atom stereocenters. The molecule has 7 nitrogen and oxygen atoms in total. The van der Waals surface area contributed by atoms with E-state index in [9.17, 15) is 23.9 Å². The Bertz CT molecular complexity index is 1390. The first-order chi connectivity index (χ1) is 17.6. The molecule has 0 saturated carbocycles. The molecule has 2 heterocycles. The Morgan fingerprint density at radius 2 is 1.89 bits per heavy atom. The highest BCUT2D eigenvalue weighted by molar-refractivity contribution is 7.18. The smallest absolute Gasteiger partial charge is 0.301 e. The van der Waals surface area contributed by atoms with Gasteiger partial charge >= 0.3 is 5.91 Å². The maximum absolute atomic E-state index is 13.5. The van der Waals surface area contributed by atoms with Crippen LogP contribution < -0.4 is 9.64 Å². The molecule has 3 aromatic rings. The predicted molar refractivity (Wildman–Crippen MR) is 139 cm³/mol. The first-order valence-electron chi connectivity index (χ1n) is 11.9. The molecule has 192 valence electrons. The van der Waals surface area contributed by atoms with Gasteiger partial charge in [-0.3, -0.25) is 19.3 Å². The van der Waals surface area contributed by atoms with E-state index in [0.29, 0.717) is 34.4 Å². The average molecular weight is 523 g/mol. The number of hydrogen-bond donors (Lipinski definition) is 1. The van der Waals surface area contributed by atoms with Crippen LogP contribution in [0.25, 0.3) is 5.76 Å². The number of aliphatic hydroxyl groups is 1. The molecule has 9 heteroatoms. The van der Waals surface area contributed by atoms with Gasteiger partial charge < -0.3 is 9.84 Å². The number of halogens is 1. The molecule has 1 aliphatic rings. The van der Waals surface area contributed by atoms with Crippen molar-refractivity contribution in [1.82, 2.24) is 4.98 Å². The lowest BCUT2D eigenvalue weighted by Gasteiger charge is -2.23. The van der Waals surface area contributed by atoms with Gasteiger partial charge in [-0.15, -0.1) is 0 Å². The summed E-state index contributed by atoms with van der Waals surface area (Å²) >= 11 is 1.01. The Kier molecular flexibility index (Phi) is 7.54. The first kappa shape index (κ1) is 26.2. The number of ketones is 2. The number of amides is 1. The zero-order valence-electron chi connectivity index (χ0n) is 20.9. The predicted octanol–water partition coefficient (Wildman–Crippen LogP) is 5.84. The fourth-order valence-electron chi connectivity index (χ4n) is 4.11. The van der Waals surface area contributed by atoms with E-state index >= 15 is 0 Å². The summed E-state index contributed by atoms with van der Waals surface area (Å²) in [6.45, 7) is 7.74. The summed E-state index contributed by atoms with van der Waals surface area (Å²) in [5.41, 5.74) is 0.987. The number of benzene rings is 2. The van der Waals surface area contributed by atoms with E-state index in [1.807, 2.05) is 0 Å². The number of aryl methyl sites for hydroxylation is 1. The summed E-state index contributed by atoms with van der Waals surface area (Å²) < 4.78 is 19.4. The Morgan fingerprint density at radius 1 is 1.19 bits per heavy atom. The molecule has 1 amide bonds. The molecule has 0 radical (unpaired) electrons. The van der Waals surface area contributed by atoms with Crippen molar-refractivity contribution in [2.75, 3.05) is 11.5 Å². The number of Topliss-reactive ketones (excluding diaryl/α,β-unsaturated/α-hetero) is 2. The van der Waals surface area contributed by atoms with Gasteiger partial charge in [0, 0.05) is 12.5 Å². The average Bonchev–Trinajstić information content (AvgIpc) is 3.36. The molecule has 2 aromatic carbocycles. The lowest BCUT2D eigenvalue weighted by molar-refractivity contribution is -0.132. The number of thiazole rings is 1. The lowest BCUT2D eigenvalue weighted by Crippen LogP contribution is -2.29. The maximum Gasteiger partial charge on any atom is 0.301 e. The van der Waals surface area contributed by atoms with Gasteiger partial charge in [-0.05, 0) is 61.2 Å². The molecular weight excluding hydrogens is 495 g/mol. The summed E-state index contributed by atoms with van der Waals surface area (Å²) in [6, 6.07) is 10.9. The number of carbonyl (C=O) groups is 3. The monoisotopic (exact) mass is 522 g/mol. The minimum Gasteiger partial charge on any atom is -0.507 e. The quantitative estimate of drug-likeness (QED) is 0.173. The summed E-state index contributed by atoms with van der Waals surface area (Å²) in [7, 11) is 0. The molecule has 1 N–H and O–H groups in total. The van der Waals surface area contributed by atoms with E-state index < -0.39 is 29.3 Å². The number of rotatable bonds is 8. The molecule has 1 fully saturated rings. The second-order valence-electron chi connectivity index (χ2n) is 9.25. The van der Waals surface area contributed by atoms with Crippen LogP contribution in [0.3, 0.4) is 0 Å². The summed E-state index contributed by atoms with van der Waals surface area (Å²) in [4.78, 5) is 44.7. The third kappa shape index (κ3) is 5.32. The Labute approximate surface area is 218 Å². The minimum absolute atomic E-state index is 0.159. The van der Waals surface area contributed by atoms with Crippen molar-refractivity contribution >= 4 is 39.7 Å². The van der Waals surface area contributed by atoms with Crippen molar-refractivity contribution in [1.29, 1.82) is 0 Å². The molecule has 0 spiro atoms. The number of carbonyl (C=O) groups excluding carboxylic acids is 3. The number of nitrogens with zero attached hydrogens (tertiary/aromatic N) is 2. The van der Waals surface area contributed by atoms with Crippen LogP contribution in [0.4, 0.5) is 9.52 Å². The van der Waals surface area contributed by atoms with Crippen molar-refractivity contribution in [3.05, 3.63) is 81.6 Å². The minimum atomic E-state index is -1.04. The lowest BCUT2D eigenvalue weighted by atomic mass is 9.95. The van der Waals surface area contributed by atoms with Gasteiger partial charge in [0.2, 0.25) is 0 Å². The summed E-state index contributed by atoms with van der Waals surface area (Å²) in [5, 5.41) is 11.3. The van der Waals surface area contributed by atoms with Crippen molar-refractivity contribution in [3.63, 3.8) is 0 Å². The third-order valence-electron chi connectivity index (χ3n) is 6.01. The van der Waals surface area contributed by atoms with Crippen LogP contribution in [0.5, 0.6) is 5.75 Å². The van der Waals surface area contributed by atoms with Gasteiger partial charge in [-0.2, -0.15) is 0 Å². The van der Waals surface area contributed by atoms with E-state index in [0.717, 1.165) is 29.9 Å². The van der Waals surface area contributed by atoms with Gasteiger partial charge in [0.1, 0.15) is 17.3 Å². The Balaban J connectivity index is 1.87. The highest BCUT2D eigenvalue weighted by Crippen LogP contribution is 2.44. The standard InChI is InChI=1S/C28H27FN2O5S/c1-15(2)12-13-36-21-7-5-6-19(14-21)23-22(24(33)18-8-10-20(29)11-9-18)25(34)27(35)31(23)28-30-16(3)26(37-28)17(4)32/h5-11,14-15,23,33H,12-13H2,1-4H3/b24-22+. The van der Waals surface area contributed by atoms with Crippen molar-refractivity contribution in [2.45, 2.75) is 40.2 Å². The number of aromatic nitrogens is 1. The molecule has 1 aromatic heterocycles. The van der Waals surface area contributed by atoms with E-state index in [2.05, 4.69) is 18.8 Å². The van der Waals surface area contributed by atoms with Gasteiger partial charge in [0.15, 0.2) is 10.9 Å². The molecule has 1 aliphatic heterocycles. The van der Waals surface area contributed by atoms with E-state index in [1.54, 1.807) is 31.2 Å². The Morgan fingerprint density at radius 3 is 2.51 bits per heavy atom. The second-order valence-corrected chi connectivity index (χ2v) is 10.2. The molecule has 1 unspecified atom stereocenters. The van der Waals surface area contributed by atoms with Crippen molar-refractivity contribution in [3.8, 4) is 5.75 Å². The largest absolute Gasteiger partial charge is 0.507 e. The number of anilines is 1. The highest BCUT2D eigenvalue weighted by Gasteiger charge is 2.48. The number of hydrogen-bond acceptors (Lipinski definition) is 7. The van der Waals surface area contributed by atoms with Crippen molar-refractivity contribution in [2.24, 2.45) is 5.92 Å². The molecule has 1 saturated heterocycles. The summed E-state index contributed by atoms with van der Waals surface area (Å²) in [6.07, 6.45) is 0.847. The number of ether oxygens (including phenoxy) is 1. The molecule has 0 bridgehead atoms. The van der Waals surface area contributed by atoms with E-state index in [4.69, 9.17) is 4.74 Å². The van der Waals surface area contributed by atoms with Gasteiger partial charge in [0.25, 0.3) is 5.78 Å². The normalized spacial score (nSPS) is 17.0. The van der Waals surface area contributed by atoms with Crippen molar-refractivity contribution < 1.29 is 28.6 Å². The van der Waals surface area contributed by atoms with E-state index in [1.165, 1.54) is 24.0 Å². The molecule has 0 aliphatic carbocycles. The Hall–Kier alpha value is -3.85. The van der Waals surface area contributed by atoms with Crippen LogP contribution in [0.2, 0.25) is 0 Å². The summed E-state index contributed by atoms with van der Waals surface area (Å²) in [5.74, 6) is -1.94. The van der Waals surface area contributed by atoms with Crippen LogP contribution in [0.1, 0.15) is 59.7 Å².